The van der Waals surface area contributed by atoms with Crippen molar-refractivity contribution < 1.29 is 18.8 Å². The number of fused-ring (bicyclic) bond motifs is 1. The fourth-order valence-corrected chi connectivity index (χ4v) is 5.20. The van der Waals surface area contributed by atoms with E-state index >= 15 is 0 Å². The second kappa shape index (κ2) is 10.9. The number of esters is 1. The fourth-order valence-electron chi connectivity index (χ4n) is 4.34. The molecule has 0 aliphatic carbocycles. The number of carbonyl (C=O) groups excluding carboxylic acids is 1. The molecule has 0 aromatic heterocycles. The van der Waals surface area contributed by atoms with Gasteiger partial charge in [-0.05, 0) is 63.4 Å². The van der Waals surface area contributed by atoms with Crippen LogP contribution in [0.3, 0.4) is 0 Å². The summed E-state index contributed by atoms with van der Waals surface area (Å²) in [6.45, 7) is 8.86. The van der Waals surface area contributed by atoms with Crippen LogP contribution in [0.2, 0.25) is 0 Å². The molecule has 7 heteroatoms. The Labute approximate surface area is 216 Å². The standard InChI is InChI=1S/C29H34N2O4S/c1-20-26(28(32)35-22-14-10-7-11-15-22)25(34-19-21-12-8-6-9-13-21)18-23-24(16-17-31(5)27(20)23)30-36(33)29(2,3)4/h6-15,18,24,30H,16-17,19H2,1-5H3. The van der Waals surface area contributed by atoms with Gasteiger partial charge in [-0.2, -0.15) is 0 Å². The maximum Gasteiger partial charge on any atom is 0.347 e. The van der Waals surface area contributed by atoms with E-state index in [0.717, 1.165) is 35.3 Å². The monoisotopic (exact) mass is 506 g/mol. The van der Waals surface area contributed by atoms with Gasteiger partial charge in [-0.1, -0.05) is 48.5 Å². The van der Waals surface area contributed by atoms with Gasteiger partial charge in [0.25, 0.3) is 0 Å². The van der Waals surface area contributed by atoms with Crippen molar-refractivity contribution in [2.24, 2.45) is 0 Å². The first kappa shape index (κ1) is 26.1. The van der Waals surface area contributed by atoms with E-state index < -0.39 is 22.1 Å². The molecule has 0 radical (unpaired) electrons. The Hall–Kier alpha value is -3.00. The predicted molar refractivity (Wildman–Crippen MR) is 145 cm³/mol. The summed E-state index contributed by atoms with van der Waals surface area (Å²) in [6.07, 6.45) is 0.788. The molecule has 0 amide bonds. The molecule has 190 valence electrons. The number of ether oxygens (including phenoxy) is 2. The van der Waals surface area contributed by atoms with Crippen LogP contribution in [-0.4, -0.2) is 28.9 Å². The maximum atomic E-state index is 13.5. The van der Waals surface area contributed by atoms with Crippen LogP contribution < -0.4 is 19.1 Å². The van der Waals surface area contributed by atoms with Gasteiger partial charge >= 0.3 is 5.97 Å². The summed E-state index contributed by atoms with van der Waals surface area (Å²) in [7, 11) is 2.01. The van der Waals surface area contributed by atoms with E-state index in [1.165, 1.54) is 0 Å². The predicted octanol–water partition coefficient (Wildman–Crippen LogP) is 5.73. The number of hydrogen-bond donors (Lipinski definition) is 1. The van der Waals surface area contributed by atoms with Crippen LogP contribution >= 0.6 is 0 Å². The Morgan fingerprint density at radius 1 is 1.11 bits per heavy atom. The summed E-state index contributed by atoms with van der Waals surface area (Å²) in [5, 5.41) is 0. The zero-order chi connectivity index (χ0) is 25.9. The van der Waals surface area contributed by atoms with E-state index in [1.54, 1.807) is 12.1 Å². The highest BCUT2D eigenvalue weighted by atomic mass is 32.2. The number of benzene rings is 3. The molecule has 0 bridgehead atoms. The average Bonchev–Trinajstić information content (AvgIpc) is 2.84. The Balaban J connectivity index is 1.76. The number of hydrogen-bond acceptors (Lipinski definition) is 6. The first-order valence-corrected chi connectivity index (χ1v) is 13.3. The van der Waals surface area contributed by atoms with Crippen LogP contribution in [0.1, 0.15) is 60.3 Å². The number of para-hydroxylation sites is 1. The molecule has 0 saturated carbocycles. The molecule has 4 rings (SSSR count). The highest BCUT2D eigenvalue weighted by Gasteiger charge is 2.35. The quantitative estimate of drug-likeness (QED) is 0.251. The fraction of sp³-hybridized carbons (Fsp3) is 0.345. The van der Waals surface area contributed by atoms with E-state index in [0.29, 0.717) is 23.7 Å². The first-order chi connectivity index (χ1) is 17.1. The Morgan fingerprint density at radius 2 is 1.75 bits per heavy atom. The highest BCUT2D eigenvalue weighted by molar-refractivity contribution is 7.90. The molecule has 0 spiro atoms. The van der Waals surface area contributed by atoms with Crippen molar-refractivity contribution in [2.75, 3.05) is 18.5 Å². The van der Waals surface area contributed by atoms with E-state index in [1.807, 2.05) is 89.3 Å². The first-order valence-electron chi connectivity index (χ1n) is 12.2. The van der Waals surface area contributed by atoms with Crippen LogP contribution in [0.25, 0.3) is 0 Å². The minimum Gasteiger partial charge on any atom is -0.598 e. The third-order valence-corrected chi connectivity index (χ3v) is 7.86. The van der Waals surface area contributed by atoms with E-state index in [2.05, 4.69) is 9.62 Å². The molecule has 3 aromatic carbocycles. The molecule has 2 atom stereocenters. The van der Waals surface area contributed by atoms with Gasteiger partial charge < -0.3 is 18.9 Å². The lowest BCUT2D eigenvalue weighted by atomic mass is 9.91. The average molecular weight is 507 g/mol. The summed E-state index contributed by atoms with van der Waals surface area (Å²) >= 11 is -1.24. The number of carbonyl (C=O) groups is 1. The maximum absolute atomic E-state index is 13.5. The van der Waals surface area contributed by atoms with Crippen molar-refractivity contribution in [2.45, 2.75) is 51.5 Å². The molecule has 6 nitrogen and oxygen atoms in total. The van der Waals surface area contributed by atoms with Crippen molar-refractivity contribution in [1.82, 2.24) is 4.72 Å². The molecule has 2 unspecified atom stereocenters. The van der Waals surface area contributed by atoms with Crippen molar-refractivity contribution in [1.29, 1.82) is 0 Å². The number of nitrogens with zero attached hydrogens (tertiary/aromatic N) is 1. The minimum absolute atomic E-state index is 0.131. The van der Waals surface area contributed by atoms with E-state index in [9.17, 15) is 9.35 Å². The van der Waals surface area contributed by atoms with Crippen LogP contribution in [0.15, 0.2) is 66.7 Å². The van der Waals surface area contributed by atoms with Crippen molar-refractivity contribution in [3.05, 3.63) is 89.0 Å². The zero-order valence-electron chi connectivity index (χ0n) is 21.5. The molecule has 0 fully saturated rings. The van der Waals surface area contributed by atoms with Gasteiger partial charge in [0.2, 0.25) is 0 Å². The third kappa shape index (κ3) is 5.86. The number of anilines is 1. The molecule has 1 aliphatic rings. The van der Waals surface area contributed by atoms with Crippen LogP contribution in [0.5, 0.6) is 11.5 Å². The summed E-state index contributed by atoms with van der Waals surface area (Å²) in [4.78, 5) is 15.6. The molecular weight excluding hydrogens is 472 g/mol. The van der Waals surface area contributed by atoms with Gasteiger partial charge in [0.1, 0.15) is 28.4 Å². The molecule has 1 N–H and O–H groups in total. The van der Waals surface area contributed by atoms with Gasteiger partial charge in [0, 0.05) is 36.2 Å². The summed E-state index contributed by atoms with van der Waals surface area (Å²) in [6, 6.07) is 20.7. The molecular formula is C29H34N2O4S. The van der Waals surface area contributed by atoms with Crippen molar-refractivity contribution in [3.63, 3.8) is 0 Å². The summed E-state index contributed by atoms with van der Waals surface area (Å²) < 4.78 is 27.9. The third-order valence-electron chi connectivity index (χ3n) is 6.25. The SMILES string of the molecule is Cc1c(C(=O)Oc2ccccc2)c(OCc2ccccc2)cc2c1N(C)CCC2N[S+]([O-])C(C)(C)C. The molecule has 0 saturated heterocycles. The Bertz CT molecular complexity index is 1200. The summed E-state index contributed by atoms with van der Waals surface area (Å²) in [5.74, 6) is 0.466. The van der Waals surface area contributed by atoms with Gasteiger partial charge in [0.15, 0.2) is 0 Å². The minimum atomic E-state index is -1.24. The largest absolute Gasteiger partial charge is 0.598 e. The van der Waals surface area contributed by atoms with Gasteiger partial charge in [-0.25, -0.2) is 4.79 Å². The van der Waals surface area contributed by atoms with E-state index in [4.69, 9.17) is 9.47 Å². The number of nitrogens with one attached hydrogen (secondary N) is 1. The van der Waals surface area contributed by atoms with Crippen molar-refractivity contribution in [3.8, 4) is 11.5 Å². The van der Waals surface area contributed by atoms with Crippen LogP contribution in [0, 0.1) is 6.92 Å². The zero-order valence-corrected chi connectivity index (χ0v) is 22.4. The van der Waals surface area contributed by atoms with Gasteiger partial charge in [-0.15, -0.1) is 4.72 Å². The Morgan fingerprint density at radius 3 is 2.39 bits per heavy atom. The topological polar surface area (TPSA) is 73.9 Å². The lowest BCUT2D eigenvalue weighted by molar-refractivity contribution is 0.0729. The lowest BCUT2D eigenvalue weighted by Crippen LogP contribution is -2.44. The lowest BCUT2D eigenvalue weighted by Gasteiger charge is -2.37. The summed E-state index contributed by atoms with van der Waals surface area (Å²) in [5.41, 5.74) is 4.09. The Kier molecular flexibility index (Phi) is 7.93. The smallest absolute Gasteiger partial charge is 0.347 e. The van der Waals surface area contributed by atoms with Crippen LogP contribution in [-0.2, 0) is 18.0 Å². The normalized spacial score (nSPS) is 16.3. The second-order valence-corrected chi connectivity index (χ2v) is 12.0. The molecule has 3 aromatic rings. The molecule has 36 heavy (non-hydrogen) atoms. The molecule has 1 heterocycles. The number of rotatable bonds is 7. The van der Waals surface area contributed by atoms with Crippen molar-refractivity contribution >= 4 is 23.0 Å². The molecule has 1 aliphatic heterocycles. The van der Waals surface area contributed by atoms with Gasteiger partial charge in [0.05, 0.1) is 6.04 Å². The van der Waals surface area contributed by atoms with Crippen LogP contribution in [0.4, 0.5) is 5.69 Å². The van der Waals surface area contributed by atoms with Gasteiger partial charge in [-0.3, -0.25) is 0 Å². The second-order valence-electron chi connectivity index (χ2n) is 10.1. The highest BCUT2D eigenvalue weighted by Crippen LogP contribution is 2.42. The van der Waals surface area contributed by atoms with E-state index in [-0.39, 0.29) is 6.04 Å².